The molecule has 0 heterocycles. The summed E-state index contributed by atoms with van der Waals surface area (Å²) in [7, 11) is 1.81. The smallest absolute Gasteiger partial charge is 0.242 e. The van der Waals surface area contributed by atoms with Crippen LogP contribution >= 0.6 is 0 Å². The van der Waals surface area contributed by atoms with E-state index in [2.05, 4.69) is 10.6 Å². The summed E-state index contributed by atoms with van der Waals surface area (Å²) >= 11 is 0. The molecule has 0 aliphatic heterocycles. The Morgan fingerprint density at radius 3 is 2.44 bits per heavy atom. The van der Waals surface area contributed by atoms with Crippen molar-refractivity contribution in [2.75, 3.05) is 18.9 Å². The zero-order valence-electron chi connectivity index (χ0n) is 16.2. The van der Waals surface area contributed by atoms with Crippen LogP contribution in [0.25, 0.3) is 0 Å². The molecule has 1 saturated carbocycles. The van der Waals surface area contributed by atoms with Crippen molar-refractivity contribution in [2.45, 2.75) is 38.8 Å². The molecular formula is C22H27N3O2. The Hall–Kier alpha value is -2.66. The maximum Gasteiger partial charge on any atom is 0.242 e. The number of carbonyl (C=O) groups excluding carboxylic acids is 2. The third-order valence-corrected chi connectivity index (χ3v) is 5.00. The SMILES string of the molecule is Cc1cccc(NC(=O)CN(C)[C@@H](C(=O)NC2CC2)c2ccccc2)c1C. The lowest BCUT2D eigenvalue weighted by atomic mass is 10.0. The minimum atomic E-state index is -0.490. The second-order valence-corrected chi connectivity index (χ2v) is 7.31. The van der Waals surface area contributed by atoms with Gasteiger partial charge >= 0.3 is 0 Å². The molecule has 1 aliphatic carbocycles. The minimum absolute atomic E-state index is 0.0502. The number of aryl methyl sites for hydroxylation is 1. The Labute approximate surface area is 160 Å². The van der Waals surface area contributed by atoms with Crippen LogP contribution in [0, 0.1) is 13.8 Å². The maximum atomic E-state index is 12.8. The van der Waals surface area contributed by atoms with Gasteiger partial charge < -0.3 is 10.6 Å². The number of anilines is 1. The fourth-order valence-electron chi connectivity index (χ4n) is 3.14. The van der Waals surface area contributed by atoms with E-state index in [9.17, 15) is 9.59 Å². The van der Waals surface area contributed by atoms with Crippen LogP contribution in [0.2, 0.25) is 0 Å². The molecule has 142 valence electrons. The standard InChI is InChI=1S/C22H27N3O2/c1-15-8-7-11-19(16(15)2)24-20(26)14-25(3)21(17-9-5-4-6-10-17)22(27)23-18-12-13-18/h4-11,18,21H,12-14H2,1-3H3,(H,23,27)(H,24,26)/t21-/m1/s1. The fraction of sp³-hybridized carbons (Fsp3) is 0.364. The highest BCUT2D eigenvalue weighted by Gasteiger charge is 2.31. The molecule has 2 amide bonds. The summed E-state index contributed by atoms with van der Waals surface area (Å²) in [6.45, 7) is 4.14. The maximum absolute atomic E-state index is 12.8. The highest BCUT2D eigenvalue weighted by molar-refractivity contribution is 5.93. The van der Waals surface area contributed by atoms with Crippen LogP contribution in [0.4, 0.5) is 5.69 Å². The molecule has 0 radical (unpaired) electrons. The van der Waals surface area contributed by atoms with Crippen LogP contribution in [-0.4, -0.2) is 36.3 Å². The van der Waals surface area contributed by atoms with Gasteiger partial charge in [-0.25, -0.2) is 0 Å². The molecular weight excluding hydrogens is 338 g/mol. The van der Waals surface area contributed by atoms with Crippen molar-refractivity contribution in [3.05, 3.63) is 65.2 Å². The Balaban J connectivity index is 1.71. The summed E-state index contributed by atoms with van der Waals surface area (Å²) in [5.74, 6) is -0.183. The van der Waals surface area contributed by atoms with E-state index in [0.29, 0.717) is 0 Å². The third-order valence-electron chi connectivity index (χ3n) is 5.00. The summed E-state index contributed by atoms with van der Waals surface area (Å²) in [4.78, 5) is 27.2. The first-order chi connectivity index (χ1) is 13.0. The number of nitrogens with one attached hydrogen (secondary N) is 2. The molecule has 27 heavy (non-hydrogen) atoms. The van der Waals surface area contributed by atoms with Gasteiger partial charge in [0.25, 0.3) is 0 Å². The van der Waals surface area contributed by atoms with Crippen LogP contribution in [0.5, 0.6) is 0 Å². The number of rotatable bonds is 7. The molecule has 3 rings (SSSR count). The Morgan fingerprint density at radius 1 is 1.07 bits per heavy atom. The lowest BCUT2D eigenvalue weighted by molar-refractivity contribution is -0.127. The van der Waals surface area contributed by atoms with Gasteiger partial charge in [-0.15, -0.1) is 0 Å². The van der Waals surface area contributed by atoms with Gasteiger partial charge in [-0.05, 0) is 56.5 Å². The molecule has 2 N–H and O–H groups in total. The van der Waals surface area contributed by atoms with Crippen LogP contribution in [0.15, 0.2) is 48.5 Å². The number of nitrogens with zero attached hydrogens (tertiary/aromatic N) is 1. The summed E-state index contributed by atoms with van der Waals surface area (Å²) in [5, 5.41) is 6.03. The Kier molecular flexibility index (Phi) is 5.91. The van der Waals surface area contributed by atoms with Crippen molar-refractivity contribution in [3.8, 4) is 0 Å². The van der Waals surface area contributed by atoms with Crippen molar-refractivity contribution in [2.24, 2.45) is 0 Å². The highest BCUT2D eigenvalue weighted by Crippen LogP contribution is 2.24. The second-order valence-electron chi connectivity index (χ2n) is 7.31. The van der Waals surface area contributed by atoms with E-state index in [-0.39, 0.29) is 24.4 Å². The second kappa shape index (κ2) is 8.35. The van der Waals surface area contributed by atoms with E-state index in [1.807, 2.05) is 69.4 Å². The third kappa shape index (κ3) is 4.95. The minimum Gasteiger partial charge on any atom is -0.352 e. The zero-order chi connectivity index (χ0) is 19.4. The van der Waals surface area contributed by atoms with Crippen LogP contribution in [0.1, 0.15) is 35.6 Å². The van der Waals surface area contributed by atoms with Gasteiger partial charge in [0.2, 0.25) is 11.8 Å². The normalized spacial score (nSPS) is 14.7. The molecule has 5 nitrogen and oxygen atoms in total. The molecule has 1 fully saturated rings. The molecule has 5 heteroatoms. The lowest BCUT2D eigenvalue weighted by Crippen LogP contribution is -2.42. The van der Waals surface area contributed by atoms with Gasteiger partial charge in [0.1, 0.15) is 6.04 Å². The van der Waals surface area contributed by atoms with E-state index in [0.717, 1.165) is 35.2 Å². The first-order valence-electron chi connectivity index (χ1n) is 9.37. The molecule has 0 saturated heterocycles. The summed E-state index contributed by atoms with van der Waals surface area (Å²) in [5.41, 5.74) is 3.89. The van der Waals surface area contributed by atoms with Crippen LogP contribution in [-0.2, 0) is 9.59 Å². The number of amides is 2. The summed E-state index contributed by atoms with van der Waals surface area (Å²) < 4.78 is 0. The van der Waals surface area contributed by atoms with E-state index in [1.165, 1.54) is 0 Å². The largest absolute Gasteiger partial charge is 0.352 e. The average molecular weight is 365 g/mol. The topological polar surface area (TPSA) is 61.4 Å². The molecule has 0 spiro atoms. The lowest BCUT2D eigenvalue weighted by Gasteiger charge is -2.27. The highest BCUT2D eigenvalue weighted by atomic mass is 16.2. The Bertz CT molecular complexity index is 816. The van der Waals surface area contributed by atoms with E-state index in [4.69, 9.17) is 0 Å². The Morgan fingerprint density at radius 2 is 1.78 bits per heavy atom. The molecule has 0 bridgehead atoms. The van der Waals surface area contributed by atoms with Crippen molar-refractivity contribution < 1.29 is 9.59 Å². The fourth-order valence-corrected chi connectivity index (χ4v) is 3.14. The van der Waals surface area contributed by atoms with Crippen LogP contribution in [0.3, 0.4) is 0 Å². The molecule has 2 aromatic carbocycles. The number of benzene rings is 2. The molecule has 2 aromatic rings. The van der Waals surface area contributed by atoms with E-state index in [1.54, 1.807) is 4.90 Å². The number of carbonyl (C=O) groups is 2. The molecule has 0 unspecified atom stereocenters. The van der Waals surface area contributed by atoms with E-state index < -0.39 is 6.04 Å². The van der Waals surface area contributed by atoms with Crippen molar-refractivity contribution >= 4 is 17.5 Å². The first-order valence-corrected chi connectivity index (χ1v) is 9.37. The number of hydrogen-bond acceptors (Lipinski definition) is 3. The van der Waals surface area contributed by atoms with Gasteiger partial charge in [-0.3, -0.25) is 14.5 Å². The zero-order valence-corrected chi connectivity index (χ0v) is 16.2. The van der Waals surface area contributed by atoms with Gasteiger partial charge in [0.15, 0.2) is 0 Å². The average Bonchev–Trinajstić information content (AvgIpc) is 3.44. The predicted octanol–water partition coefficient (Wildman–Crippen LogP) is 3.19. The van der Waals surface area contributed by atoms with Gasteiger partial charge in [0, 0.05) is 11.7 Å². The molecule has 1 atom stereocenters. The van der Waals surface area contributed by atoms with Crippen LogP contribution < -0.4 is 10.6 Å². The number of hydrogen-bond donors (Lipinski definition) is 2. The summed E-state index contributed by atoms with van der Waals surface area (Å²) in [6.07, 6.45) is 2.06. The van der Waals surface area contributed by atoms with Crippen molar-refractivity contribution in [1.82, 2.24) is 10.2 Å². The number of likely N-dealkylation sites (N-methyl/N-ethyl adjacent to an activating group) is 1. The quantitative estimate of drug-likeness (QED) is 0.792. The monoisotopic (exact) mass is 365 g/mol. The van der Waals surface area contributed by atoms with Crippen molar-refractivity contribution in [3.63, 3.8) is 0 Å². The van der Waals surface area contributed by atoms with Gasteiger partial charge in [-0.1, -0.05) is 42.5 Å². The van der Waals surface area contributed by atoms with Gasteiger partial charge in [0.05, 0.1) is 6.54 Å². The molecule has 1 aliphatic rings. The first kappa shape index (κ1) is 19.1. The van der Waals surface area contributed by atoms with Crippen molar-refractivity contribution in [1.29, 1.82) is 0 Å². The van der Waals surface area contributed by atoms with E-state index >= 15 is 0 Å². The molecule has 0 aromatic heterocycles. The predicted molar refractivity (Wildman–Crippen MR) is 108 cm³/mol. The summed E-state index contributed by atoms with van der Waals surface area (Å²) in [6, 6.07) is 15.2. The van der Waals surface area contributed by atoms with Gasteiger partial charge in [-0.2, -0.15) is 0 Å².